The number of piperidine rings is 1. The lowest BCUT2D eigenvalue weighted by Gasteiger charge is -2.18. The largest absolute Gasteiger partial charge is 0.338 e. The van der Waals surface area contributed by atoms with Gasteiger partial charge in [0.2, 0.25) is 5.89 Å². The summed E-state index contributed by atoms with van der Waals surface area (Å²) in [5, 5.41) is 7.38. The van der Waals surface area contributed by atoms with E-state index in [4.69, 9.17) is 4.52 Å². The first-order valence-corrected chi connectivity index (χ1v) is 5.43. The Bertz CT molecular complexity index is 304. The van der Waals surface area contributed by atoms with Gasteiger partial charge in [0.25, 0.3) is 0 Å². The Morgan fingerprint density at radius 3 is 2.80 bits per heavy atom. The predicted octanol–water partition coefficient (Wildman–Crippen LogP) is 0.598. The number of hydrogen-bond donors (Lipinski definition) is 1. The van der Waals surface area contributed by atoms with Crippen LogP contribution in [0.3, 0.4) is 0 Å². The molecule has 0 saturated carbocycles. The first-order chi connectivity index (χ1) is 7.25. The predicted molar refractivity (Wildman–Crippen MR) is 56.5 cm³/mol. The van der Waals surface area contributed by atoms with Crippen molar-refractivity contribution in [3.05, 3.63) is 11.7 Å². The van der Waals surface area contributed by atoms with Crippen molar-refractivity contribution in [1.82, 2.24) is 20.4 Å². The standard InChI is InChI=1S/C10H18N4O/c1-14(2)7-9-12-10(13-15-9)8-3-5-11-6-4-8/h8,11H,3-7H2,1-2H3. The summed E-state index contributed by atoms with van der Waals surface area (Å²) in [4.78, 5) is 6.45. The highest BCUT2D eigenvalue weighted by Crippen LogP contribution is 2.22. The molecule has 2 heterocycles. The topological polar surface area (TPSA) is 54.2 Å². The fraction of sp³-hybridized carbons (Fsp3) is 0.800. The van der Waals surface area contributed by atoms with Gasteiger partial charge in [0.1, 0.15) is 0 Å². The summed E-state index contributed by atoms with van der Waals surface area (Å²) in [6, 6.07) is 0. The third-order valence-corrected chi connectivity index (χ3v) is 2.64. The van der Waals surface area contributed by atoms with Gasteiger partial charge < -0.3 is 14.7 Å². The lowest BCUT2D eigenvalue weighted by Crippen LogP contribution is -2.27. The first kappa shape index (κ1) is 10.6. The molecule has 0 bridgehead atoms. The van der Waals surface area contributed by atoms with Crippen LogP contribution in [-0.4, -0.2) is 42.2 Å². The Balaban J connectivity index is 1.99. The molecule has 1 aliphatic rings. The molecule has 0 unspecified atom stereocenters. The molecule has 0 radical (unpaired) electrons. The van der Waals surface area contributed by atoms with Crippen LogP contribution in [0.5, 0.6) is 0 Å². The molecule has 0 amide bonds. The molecule has 1 aromatic rings. The maximum atomic E-state index is 5.21. The quantitative estimate of drug-likeness (QED) is 0.791. The van der Waals surface area contributed by atoms with Crippen LogP contribution in [0.2, 0.25) is 0 Å². The molecular formula is C10H18N4O. The minimum atomic E-state index is 0.478. The molecule has 5 nitrogen and oxygen atoms in total. The maximum absolute atomic E-state index is 5.21. The average Bonchev–Trinajstić information content (AvgIpc) is 2.67. The van der Waals surface area contributed by atoms with Gasteiger partial charge in [-0.25, -0.2) is 0 Å². The van der Waals surface area contributed by atoms with Crippen molar-refractivity contribution in [2.45, 2.75) is 25.3 Å². The number of aromatic nitrogens is 2. The zero-order chi connectivity index (χ0) is 10.7. The second-order valence-electron chi connectivity index (χ2n) is 4.31. The molecular weight excluding hydrogens is 192 g/mol. The second-order valence-corrected chi connectivity index (χ2v) is 4.31. The Kier molecular flexibility index (Phi) is 3.33. The molecule has 1 aliphatic heterocycles. The van der Waals surface area contributed by atoms with Crippen LogP contribution in [-0.2, 0) is 6.54 Å². The van der Waals surface area contributed by atoms with Crippen molar-refractivity contribution in [3.8, 4) is 0 Å². The molecule has 1 aromatic heterocycles. The van der Waals surface area contributed by atoms with Gasteiger partial charge in [-0.2, -0.15) is 4.98 Å². The van der Waals surface area contributed by atoms with Crippen LogP contribution in [0.4, 0.5) is 0 Å². The fourth-order valence-corrected chi connectivity index (χ4v) is 1.85. The number of rotatable bonds is 3. The molecule has 1 N–H and O–H groups in total. The monoisotopic (exact) mass is 210 g/mol. The van der Waals surface area contributed by atoms with Crippen LogP contribution in [0, 0.1) is 0 Å². The smallest absolute Gasteiger partial charge is 0.240 e. The number of nitrogens with one attached hydrogen (secondary N) is 1. The Labute approximate surface area is 89.8 Å². The number of nitrogens with zero attached hydrogens (tertiary/aromatic N) is 3. The van der Waals surface area contributed by atoms with Gasteiger partial charge >= 0.3 is 0 Å². The summed E-state index contributed by atoms with van der Waals surface area (Å²) >= 11 is 0. The lowest BCUT2D eigenvalue weighted by atomic mass is 9.98. The summed E-state index contributed by atoms with van der Waals surface area (Å²) in [6.45, 7) is 2.84. The SMILES string of the molecule is CN(C)Cc1nc(C2CCNCC2)no1. The third kappa shape index (κ3) is 2.76. The molecule has 0 aromatic carbocycles. The highest BCUT2D eigenvalue weighted by Gasteiger charge is 2.20. The first-order valence-electron chi connectivity index (χ1n) is 5.43. The van der Waals surface area contributed by atoms with Gasteiger partial charge in [0.15, 0.2) is 5.82 Å². The molecule has 0 aliphatic carbocycles. The summed E-state index contributed by atoms with van der Waals surface area (Å²) in [5.74, 6) is 2.08. The van der Waals surface area contributed by atoms with Crippen LogP contribution < -0.4 is 5.32 Å². The lowest BCUT2D eigenvalue weighted by molar-refractivity contribution is 0.299. The highest BCUT2D eigenvalue weighted by molar-refractivity contribution is 4.97. The van der Waals surface area contributed by atoms with Gasteiger partial charge in [-0.15, -0.1) is 0 Å². The molecule has 84 valence electrons. The van der Waals surface area contributed by atoms with Gasteiger partial charge in [0.05, 0.1) is 6.54 Å². The van der Waals surface area contributed by atoms with Crippen LogP contribution in [0.1, 0.15) is 30.5 Å². The van der Waals surface area contributed by atoms with E-state index in [2.05, 4.69) is 15.5 Å². The van der Waals surface area contributed by atoms with Crippen LogP contribution in [0.15, 0.2) is 4.52 Å². The molecule has 0 spiro atoms. The maximum Gasteiger partial charge on any atom is 0.240 e. The van der Waals surface area contributed by atoms with E-state index in [0.29, 0.717) is 11.8 Å². The minimum Gasteiger partial charge on any atom is -0.338 e. The summed E-state index contributed by atoms with van der Waals surface area (Å²) in [6.07, 6.45) is 2.22. The zero-order valence-corrected chi connectivity index (χ0v) is 9.36. The molecule has 5 heteroatoms. The molecule has 0 atom stereocenters. The van der Waals surface area contributed by atoms with E-state index >= 15 is 0 Å². The van der Waals surface area contributed by atoms with Gasteiger partial charge in [-0.05, 0) is 40.0 Å². The van der Waals surface area contributed by atoms with Gasteiger partial charge in [0, 0.05) is 5.92 Å². The van der Waals surface area contributed by atoms with Gasteiger partial charge in [-0.3, -0.25) is 0 Å². The second kappa shape index (κ2) is 4.72. The molecule has 2 rings (SSSR count). The van der Waals surface area contributed by atoms with E-state index in [0.717, 1.165) is 38.3 Å². The molecule has 1 saturated heterocycles. The van der Waals surface area contributed by atoms with E-state index < -0.39 is 0 Å². The number of hydrogen-bond acceptors (Lipinski definition) is 5. The van der Waals surface area contributed by atoms with E-state index in [1.807, 2.05) is 19.0 Å². The zero-order valence-electron chi connectivity index (χ0n) is 9.36. The summed E-state index contributed by atoms with van der Waals surface area (Å²) < 4.78 is 5.21. The Morgan fingerprint density at radius 1 is 1.40 bits per heavy atom. The van der Waals surface area contributed by atoms with Crippen molar-refractivity contribution in [2.24, 2.45) is 0 Å². The highest BCUT2D eigenvalue weighted by atomic mass is 16.5. The summed E-state index contributed by atoms with van der Waals surface area (Å²) in [5.41, 5.74) is 0. The van der Waals surface area contributed by atoms with E-state index in [-0.39, 0.29) is 0 Å². The van der Waals surface area contributed by atoms with Crippen molar-refractivity contribution in [3.63, 3.8) is 0 Å². The van der Waals surface area contributed by atoms with Crippen molar-refractivity contribution in [2.75, 3.05) is 27.2 Å². The normalized spacial score (nSPS) is 18.6. The third-order valence-electron chi connectivity index (χ3n) is 2.64. The van der Waals surface area contributed by atoms with Crippen molar-refractivity contribution < 1.29 is 4.52 Å². The van der Waals surface area contributed by atoms with Crippen LogP contribution >= 0.6 is 0 Å². The van der Waals surface area contributed by atoms with Gasteiger partial charge in [-0.1, -0.05) is 5.16 Å². The van der Waals surface area contributed by atoms with E-state index in [1.54, 1.807) is 0 Å². The van der Waals surface area contributed by atoms with Crippen LogP contribution in [0.25, 0.3) is 0 Å². The average molecular weight is 210 g/mol. The Hall–Kier alpha value is -0.940. The summed E-state index contributed by atoms with van der Waals surface area (Å²) in [7, 11) is 3.99. The van der Waals surface area contributed by atoms with Crippen molar-refractivity contribution in [1.29, 1.82) is 0 Å². The van der Waals surface area contributed by atoms with E-state index in [9.17, 15) is 0 Å². The van der Waals surface area contributed by atoms with E-state index in [1.165, 1.54) is 0 Å². The minimum absolute atomic E-state index is 0.478. The molecule has 1 fully saturated rings. The fourth-order valence-electron chi connectivity index (χ4n) is 1.85. The van der Waals surface area contributed by atoms with Crippen molar-refractivity contribution >= 4 is 0 Å². The molecule has 15 heavy (non-hydrogen) atoms. The Morgan fingerprint density at radius 2 is 2.13 bits per heavy atom.